The molecule has 0 radical (unpaired) electrons. The third-order valence-corrected chi connectivity index (χ3v) is 4.28. The van der Waals surface area contributed by atoms with Crippen LogP contribution in [0.5, 0.6) is 0 Å². The van der Waals surface area contributed by atoms with Crippen molar-refractivity contribution in [1.82, 2.24) is 14.9 Å². The SMILES string of the molecule is Cc1nc2c(c(=O)[nH]1)CN(C(=O)CCCc1ccc(Cl)cc1)C2. The highest BCUT2D eigenvalue weighted by Crippen LogP contribution is 2.19. The lowest BCUT2D eigenvalue weighted by molar-refractivity contribution is -0.131. The van der Waals surface area contributed by atoms with E-state index in [4.69, 9.17) is 11.6 Å². The summed E-state index contributed by atoms with van der Waals surface area (Å²) in [6.07, 6.45) is 2.07. The number of fused-ring (bicyclic) bond motifs is 1. The van der Waals surface area contributed by atoms with Gasteiger partial charge in [0.25, 0.3) is 5.56 Å². The molecule has 1 aliphatic heterocycles. The highest BCUT2D eigenvalue weighted by atomic mass is 35.5. The summed E-state index contributed by atoms with van der Waals surface area (Å²) in [5.74, 6) is 0.653. The van der Waals surface area contributed by atoms with Crippen LogP contribution in [0.4, 0.5) is 0 Å². The fourth-order valence-electron chi connectivity index (χ4n) is 2.82. The largest absolute Gasteiger partial charge is 0.332 e. The molecule has 0 saturated carbocycles. The Balaban J connectivity index is 1.55. The summed E-state index contributed by atoms with van der Waals surface area (Å²) in [6.45, 7) is 2.54. The van der Waals surface area contributed by atoms with Crippen LogP contribution in [-0.2, 0) is 24.3 Å². The fraction of sp³-hybridized carbons (Fsp3) is 0.353. The van der Waals surface area contributed by atoms with Crippen molar-refractivity contribution < 1.29 is 4.79 Å². The predicted molar refractivity (Wildman–Crippen MR) is 88.2 cm³/mol. The standard InChI is InChI=1S/C17H18ClN3O2/c1-11-19-15-10-21(9-14(15)17(23)20-11)16(22)4-2-3-12-5-7-13(18)8-6-12/h5-8H,2-4,9-10H2,1H3,(H,19,20,23). The number of halogens is 1. The highest BCUT2D eigenvalue weighted by Gasteiger charge is 2.26. The van der Waals surface area contributed by atoms with Gasteiger partial charge in [-0.25, -0.2) is 4.98 Å². The molecule has 5 nitrogen and oxygen atoms in total. The number of benzene rings is 1. The molecule has 2 heterocycles. The number of carbonyl (C=O) groups excluding carboxylic acids is 1. The van der Waals surface area contributed by atoms with Crippen molar-refractivity contribution in [2.75, 3.05) is 0 Å². The lowest BCUT2D eigenvalue weighted by Crippen LogP contribution is -2.26. The molecule has 1 aliphatic rings. The van der Waals surface area contributed by atoms with Crippen LogP contribution in [0.25, 0.3) is 0 Å². The van der Waals surface area contributed by atoms with E-state index in [1.165, 1.54) is 5.56 Å². The molecule has 6 heteroatoms. The van der Waals surface area contributed by atoms with Crippen molar-refractivity contribution in [3.05, 3.63) is 62.3 Å². The van der Waals surface area contributed by atoms with Crippen molar-refractivity contribution in [2.24, 2.45) is 0 Å². The Morgan fingerprint density at radius 2 is 2.04 bits per heavy atom. The summed E-state index contributed by atoms with van der Waals surface area (Å²) in [4.78, 5) is 32.9. The van der Waals surface area contributed by atoms with Crippen LogP contribution in [0.2, 0.25) is 5.02 Å². The lowest BCUT2D eigenvalue weighted by Gasteiger charge is -2.14. The molecule has 2 aromatic rings. The van der Waals surface area contributed by atoms with Crippen LogP contribution >= 0.6 is 11.6 Å². The molecule has 0 aliphatic carbocycles. The second-order valence-corrected chi connectivity index (χ2v) is 6.24. The van der Waals surface area contributed by atoms with Crippen molar-refractivity contribution in [3.63, 3.8) is 0 Å². The minimum absolute atomic E-state index is 0.0639. The Hall–Kier alpha value is -2.14. The molecule has 0 bridgehead atoms. The Bertz CT molecular complexity index is 783. The number of aryl methyl sites for hydroxylation is 2. The molecular formula is C17H18ClN3O2. The monoisotopic (exact) mass is 331 g/mol. The van der Waals surface area contributed by atoms with Crippen molar-refractivity contribution in [3.8, 4) is 0 Å². The summed E-state index contributed by atoms with van der Waals surface area (Å²) in [5.41, 5.74) is 2.36. The van der Waals surface area contributed by atoms with E-state index in [1.54, 1.807) is 11.8 Å². The maximum Gasteiger partial charge on any atom is 0.256 e. The van der Waals surface area contributed by atoms with E-state index < -0.39 is 0 Å². The molecule has 120 valence electrons. The van der Waals surface area contributed by atoms with Gasteiger partial charge in [0.05, 0.1) is 24.3 Å². The Morgan fingerprint density at radius 3 is 2.78 bits per heavy atom. The number of H-pyrrole nitrogens is 1. The molecule has 1 amide bonds. The van der Waals surface area contributed by atoms with Gasteiger partial charge in [0, 0.05) is 11.4 Å². The number of aromatic amines is 1. The van der Waals surface area contributed by atoms with E-state index >= 15 is 0 Å². The summed E-state index contributed by atoms with van der Waals surface area (Å²) in [5, 5.41) is 0.715. The number of nitrogens with zero attached hydrogens (tertiary/aromatic N) is 2. The number of hydrogen-bond acceptors (Lipinski definition) is 3. The number of hydrogen-bond donors (Lipinski definition) is 1. The topological polar surface area (TPSA) is 66.1 Å². The van der Waals surface area contributed by atoms with E-state index in [-0.39, 0.29) is 11.5 Å². The van der Waals surface area contributed by atoms with Gasteiger partial charge >= 0.3 is 0 Å². The third kappa shape index (κ3) is 3.62. The summed E-state index contributed by atoms with van der Waals surface area (Å²) >= 11 is 5.86. The minimum atomic E-state index is -0.135. The van der Waals surface area contributed by atoms with E-state index in [0.717, 1.165) is 18.5 Å². The second-order valence-electron chi connectivity index (χ2n) is 5.81. The van der Waals surface area contributed by atoms with Crippen LogP contribution in [-0.4, -0.2) is 20.8 Å². The quantitative estimate of drug-likeness (QED) is 0.936. The van der Waals surface area contributed by atoms with Gasteiger partial charge in [-0.1, -0.05) is 23.7 Å². The van der Waals surface area contributed by atoms with Gasteiger partial charge in [-0.3, -0.25) is 9.59 Å². The van der Waals surface area contributed by atoms with Gasteiger partial charge in [-0.15, -0.1) is 0 Å². The average Bonchev–Trinajstić information content (AvgIpc) is 2.93. The fourth-order valence-corrected chi connectivity index (χ4v) is 2.95. The molecule has 0 fully saturated rings. The maximum absolute atomic E-state index is 12.3. The van der Waals surface area contributed by atoms with Gasteiger partial charge in [0.2, 0.25) is 5.91 Å². The van der Waals surface area contributed by atoms with E-state index in [9.17, 15) is 9.59 Å². The van der Waals surface area contributed by atoms with E-state index in [1.807, 2.05) is 24.3 Å². The number of nitrogens with one attached hydrogen (secondary N) is 1. The number of carbonyl (C=O) groups is 1. The van der Waals surface area contributed by atoms with E-state index in [0.29, 0.717) is 35.9 Å². The molecule has 0 atom stereocenters. The molecule has 0 unspecified atom stereocenters. The summed E-state index contributed by atoms with van der Waals surface area (Å²) in [7, 11) is 0. The van der Waals surface area contributed by atoms with Crippen LogP contribution in [0.15, 0.2) is 29.1 Å². The number of rotatable bonds is 4. The smallest absolute Gasteiger partial charge is 0.256 e. The van der Waals surface area contributed by atoms with Crippen molar-refractivity contribution in [2.45, 2.75) is 39.3 Å². The van der Waals surface area contributed by atoms with Crippen molar-refractivity contribution in [1.29, 1.82) is 0 Å². The van der Waals surface area contributed by atoms with Crippen molar-refractivity contribution >= 4 is 17.5 Å². The van der Waals surface area contributed by atoms with Crippen LogP contribution < -0.4 is 5.56 Å². The Labute approximate surface area is 139 Å². The molecule has 1 aromatic carbocycles. The lowest BCUT2D eigenvalue weighted by atomic mass is 10.1. The molecule has 0 saturated heterocycles. The highest BCUT2D eigenvalue weighted by molar-refractivity contribution is 6.30. The second kappa shape index (κ2) is 6.54. The predicted octanol–water partition coefficient (Wildman–Crippen LogP) is 2.60. The Morgan fingerprint density at radius 1 is 1.30 bits per heavy atom. The van der Waals surface area contributed by atoms with Crippen LogP contribution in [0.1, 0.15) is 35.5 Å². The zero-order valence-electron chi connectivity index (χ0n) is 12.9. The first-order chi connectivity index (χ1) is 11.0. The van der Waals surface area contributed by atoms with Crippen LogP contribution in [0, 0.1) is 6.92 Å². The van der Waals surface area contributed by atoms with Crippen LogP contribution in [0.3, 0.4) is 0 Å². The maximum atomic E-state index is 12.3. The average molecular weight is 332 g/mol. The Kier molecular flexibility index (Phi) is 4.48. The number of aromatic nitrogens is 2. The zero-order chi connectivity index (χ0) is 16.4. The molecule has 23 heavy (non-hydrogen) atoms. The molecule has 1 N–H and O–H groups in total. The minimum Gasteiger partial charge on any atom is -0.332 e. The first kappa shape index (κ1) is 15.7. The summed E-state index contributed by atoms with van der Waals surface area (Å²) in [6, 6.07) is 7.67. The van der Waals surface area contributed by atoms with Gasteiger partial charge in [-0.2, -0.15) is 0 Å². The van der Waals surface area contributed by atoms with Gasteiger partial charge in [0.15, 0.2) is 0 Å². The normalized spacial score (nSPS) is 13.2. The zero-order valence-corrected chi connectivity index (χ0v) is 13.7. The molecule has 0 spiro atoms. The summed E-state index contributed by atoms with van der Waals surface area (Å²) < 4.78 is 0. The first-order valence-corrected chi connectivity index (χ1v) is 8.01. The third-order valence-electron chi connectivity index (χ3n) is 4.03. The van der Waals surface area contributed by atoms with Gasteiger partial charge in [0.1, 0.15) is 5.82 Å². The molecular weight excluding hydrogens is 314 g/mol. The van der Waals surface area contributed by atoms with Gasteiger partial charge < -0.3 is 9.88 Å². The first-order valence-electron chi connectivity index (χ1n) is 7.64. The number of amides is 1. The molecule has 3 rings (SSSR count). The van der Waals surface area contributed by atoms with Gasteiger partial charge in [-0.05, 0) is 37.5 Å². The molecule has 1 aromatic heterocycles. The van der Waals surface area contributed by atoms with E-state index in [2.05, 4.69) is 9.97 Å².